The first-order valence-electron chi connectivity index (χ1n) is 8.38. The quantitative estimate of drug-likeness (QED) is 0.807. The third-order valence-corrected chi connectivity index (χ3v) is 4.41. The Balaban J connectivity index is 1.79. The molecule has 25 heavy (non-hydrogen) atoms. The van der Waals surface area contributed by atoms with E-state index >= 15 is 0 Å². The topological polar surface area (TPSA) is 101 Å². The molecule has 3 heterocycles. The molecule has 0 unspecified atom stereocenters. The molecule has 1 N–H and O–H groups in total. The van der Waals surface area contributed by atoms with Crippen molar-refractivity contribution < 1.29 is 18.5 Å². The number of imide groups is 1. The highest BCUT2D eigenvalue weighted by atomic mass is 16.5. The maximum atomic E-state index is 12.9. The molecule has 0 radical (unpaired) electrons. The van der Waals surface area contributed by atoms with Crippen LogP contribution in [0.25, 0.3) is 0 Å². The third kappa shape index (κ3) is 3.04. The Morgan fingerprint density at radius 2 is 2.08 bits per heavy atom. The number of furan rings is 1. The van der Waals surface area contributed by atoms with Gasteiger partial charge in [-0.15, -0.1) is 0 Å². The SMILES string of the molecule is CCCCc1nc(CN2C(=O)N[C@](C)(c3cc(C)oc3C)C2=O)no1. The summed E-state index contributed by atoms with van der Waals surface area (Å²) in [5.41, 5.74) is -0.504. The van der Waals surface area contributed by atoms with Crippen molar-refractivity contribution in [1.82, 2.24) is 20.4 Å². The molecule has 2 aromatic heterocycles. The van der Waals surface area contributed by atoms with Crippen molar-refractivity contribution >= 4 is 11.9 Å². The van der Waals surface area contributed by atoms with Gasteiger partial charge in [0, 0.05) is 12.0 Å². The van der Waals surface area contributed by atoms with Crippen LogP contribution in [0.1, 0.15) is 55.5 Å². The monoisotopic (exact) mass is 346 g/mol. The minimum atomic E-state index is -1.16. The van der Waals surface area contributed by atoms with Crippen LogP contribution in [0, 0.1) is 13.8 Å². The van der Waals surface area contributed by atoms with Crippen molar-refractivity contribution in [2.24, 2.45) is 0 Å². The number of hydrogen-bond acceptors (Lipinski definition) is 6. The van der Waals surface area contributed by atoms with Gasteiger partial charge in [0.25, 0.3) is 5.91 Å². The lowest BCUT2D eigenvalue weighted by molar-refractivity contribution is -0.131. The van der Waals surface area contributed by atoms with E-state index in [1.165, 1.54) is 0 Å². The first-order valence-corrected chi connectivity index (χ1v) is 8.38. The molecule has 0 saturated carbocycles. The van der Waals surface area contributed by atoms with Gasteiger partial charge in [-0.2, -0.15) is 4.98 Å². The van der Waals surface area contributed by atoms with Crippen LogP contribution in [0.15, 0.2) is 15.0 Å². The average Bonchev–Trinajstić information content (AvgIpc) is 3.20. The largest absolute Gasteiger partial charge is 0.466 e. The Labute approximate surface area is 145 Å². The standard InChI is InChI=1S/C17H22N4O4/c1-5-6-7-14-18-13(20-25-14)9-21-15(22)17(4,19-16(21)23)12-8-10(2)24-11(12)3/h8H,5-7,9H2,1-4H3,(H,19,23)/t17-/m1/s1. The number of hydrogen-bond donors (Lipinski definition) is 1. The molecule has 1 saturated heterocycles. The maximum Gasteiger partial charge on any atom is 0.325 e. The van der Waals surface area contributed by atoms with E-state index in [9.17, 15) is 9.59 Å². The van der Waals surface area contributed by atoms with Gasteiger partial charge in [-0.25, -0.2) is 4.79 Å². The van der Waals surface area contributed by atoms with Gasteiger partial charge in [0.1, 0.15) is 17.1 Å². The number of carbonyl (C=O) groups is 2. The number of aryl methyl sites for hydroxylation is 3. The fourth-order valence-corrected chi connectivity index (χ4v) is 3.08. The molecule has 1 aliphatic rings. The summed E-state index contributed by atoms with van der Waals surface area (Å²) in [4.78, 5) is 30.6. The number of nitrogens with one attached hydrogen (secondary N) is 1. The molecule has 1 fully saturated rings. The highest BCUT2D eigenvalue weighted by molar-refractivity contribution is 6.07. The fraction of sp³-hybridized carbons (Fsp3) is 0.529. The van der Waals surface area contributed by atoms with Gasteiger partial charge in [0.15, 0.2) is 5.82 Å². The fourth-order valence-electron chi connectivity index (χ4n) is 3.08. The Morgan fingerprint density at radius 1 is 1.32 bits per heavy atom. The third-order valence-electron chi connectivity index (χ3n) is 4.41. The summed E-state index contributed by atoms with van der Waals surface area (Å²) in [6.45, 7) is 7.30. The number of aromatic nitrogens is 2. The Bertz CT molecular complexity index is 809. The number of unbranched alkanes of at least 4 members (excludes halogenated alkanes) is 1. The van der Waals surface area contributed by atoms with Gasteiger partial charge in [-0.3, -0.25) is 9.69 Å². The Morgan fingerprint density at radius 3 is 2.72 bits per heavy atom. The molecule has 134 valence electrons. The minimum Gasteiger partial charge on any atom is -0.466 e. The van der Waals surface area contributed by atoms with Crippen molar-refractivity contribution in [3.05, 3.63) is 34.9 Å². The summed E-state index contributed by atoms with van der Waals surface area (Å²) in [5.74, 6) is 1.78. The van der Waals surface area contributed by atoms with Crippen molar-refractivity contribution in [1.29, 1.82) is 0 Å². The molecule has 3 amide bonds. The molecule has 1 aliphatic heterocycles. The molecular formula is C17H22N4O4. The molecule has 8 nitrogen and oxygen atoms in total. The van der Waals surface area contributed by atoms with Gasteiger partial charge in [0.2, 0.25) is 5.89 Å². The normalized spacial score (nSPS) is 20.4. The van der Waals surface area contributed by atoms with Crippen molar-refractivity contribution in [3.8, 4) is 0 Å². The number of rotatable bonds is 6. The smallest absolute Gasteiger partial charge is 0.325 e. The van der Waals surface area contributed by atoms with Crippen LogP contribution in [-0.2, 0) is 23.3 Å². The second-order valence-electron chi connectivity index (χ2n) is 6.48. The second kappa shape index (κ2) is 6.34. The van der Waals surface area contributed by atoms with Crippen LogP contribution in [-0.4, -0.2) is 27.0 Å². The minimum absolute atomic E-state index is 0.0221. The summed E-state index contributed by atoms with van der Waals surface area (Å²) >= 11 is 0. The van der Waals surface area contributed by atoms with Crippen LogP contribution in [0.4, 0.5) is 4.79 Å². The molecule has 8 heteroatoms. The average molecular weight is 346 g/mol. The highest BCUT2D eigenvalue weighted by Gasteiger charge is 2.50. The summed E-state index contributed by atoms with van der Waals surface area (Å²) in [6, 6.07) is 1.29. The van der Waals surface area contributed by atoms with E-state index in [4.69, 9.17) is 8.94 Å². The summed E-state index contributed by atoms with van der Waals surface area (Å²) < 4.78 is 10.7. The molecule has 3 rings (SSSR count). The molecule has 2 aromatic rings. The number of amides is 3. The van der Waals surface area contributed by atoms with Crippen LogP contribution in [0.3, 0.4) is 0 Å². The van der Waals surface area contributed by atoms with Crippen LogP contribution in [0.2, 0.25) is 0 Å². The maximum absolute atomic E-state index is 12.9. The Hall–Kier alpha value is -2.64. The molecule has 0 aromatic carbocycles. The summed E-state index contributed by atoms with van der Waals surface area (Å²) in [6.07, 6.45) is 2.66. The van der Waals surface area contributed by atoms with Crippen LogP contribution in [0.5, 0.6) is 0 Å². The molecular weight excluding hydrogens is 324 g/mol. The molecule has 0 bridgehead atoms. The van der Waals surface area contributed by atoms with Crippen molar-refractivity contribution in [3.63, 3.8) is 0 Å². The predicted octanol–water partition coefficient (Wildman–Crippen LogP) is 2.59. The Kier molecular flexibility index (Phi) is 4.36. The van der Waals surface area contributed by atoms with Gasteiger partial charge >= 0.3 is 6.03 Å². The molecule has 1 atom stereocenters. The summed E-state index contributed by atoms with van der Waals surface area (Å²) in [7, 11) is 0. The predicted molar refractivity (Wildman–Crippen MR) is 87.5 cm³/mol. The van der Waals surface area contributed by atoms with Gasteiger partial charge < -0.3 is 14.3 Å². The lowest BCUT2D eigenvalue weighted by Crippen LogP contribution is -2.41. The van der Waals surface area contributed by atoms with E-state index in [-0.39, 0.29) is 12.5 Å². The van der Waals surface area contributed by atoms with E-state index in [0.29, 0.717) is 35.2 Å². The van der Waals surface area contributed by atoms with Crippen molar-refractivity contribution in [2.45, 2.75) is 59.0 Å². The van der Waals surface area contributed by atoms with Gasteiger partial charge in [0.05, 0.1) is 6.54 Å². The zero-order valence-corrected chi connectivity index (χ0v) is 14.9. The first-order chi connectivity index (χ1) is 11.8. The van der Waals surface area contributed by atoms with Gasteiger partial charge in [-0.05, 0) is 33.3 Å². The lowest BCUT2D eigenvalue weighted by atomic mass is 9.92. The number of carbonyl (C=O) groups excluding carboxylic acids is 2. The zero-order chi connectivity index (χ0) is 18.2. The number of urea groups is 1. The van der Waals surface area contributed by atoms with E-state index in [1.54, 1.807) is 26.8 Å². The first kappa shape index (κ1) is 17.2. The van der Waals surface area contributed by atoms with Crippen LogP contribution < -0.4 is 5.32 Å². The van der Waals surface area contributed by atoms with Crippen LogP contribution >= 0.6 is 0 Å². The lowest BCUT2D eigenvalue weighted by Gasteiger charge is -2.20. The molecule has 0 spiro atoms. The van der Waals surface area contributed by atoms with Crippen molar-refractivity contribution in [2.75, 3.05) is 0 Å². The zero-order valence-electron chi connectivity index (χ0n) is 14.9. The molecule has 0 aliphatic carbocycles. The van der Waals surface area contributed by atoms with Gasteiger partial charge in [-0.1, -0.05) is 18.5 Å². The van der Waals surface area contributed by atoms with E-state index < -0.39 is 11.6 Å². The second-order valence-corrected chi connectivity index (χ2v) is 6.48. The summed E-state index contributed by atoms with van der Waals surface area (Å²) in [5, 5.41) is 6.62. The number of nitrogens with zero attached hydrogens (tertiary/aromatic N) is 3. The van der Waals surface area contributed by atoms with E-state index in [0.717, 1.165) is 17.7 Å². The van der Waals surface area contributed by atoms with E-state index in [2.05, 4.69) is 22.4 Å². The highest BCUT2D eigenvalue weighted by Crippen LogP contribution is 2.33. The van der Waals surface area contributed by atoms with E-state index in [1.807, 2.05) is 0 Å².